The van der Waals surface area contributed by atoms with Crippen molar-refractivity contribution in [2.45, 2.75) is 0 Å². The first-order valence-corrected chi connectivity index (χ1v) is 5.65. The summed E-state index contributed by atoms with van der Waals surface area (Å²) >= 11 is 5.25. The molecule has 0 spiro atoms. The van der Waals surface area contributed by atoms with Gasteiger partial charge in [-0.25, -0.2) is 0 Å². The first-order chi connectivity index (χ1) is 7.86. The van der Waals surface area contributed by atoms with Gasteiger partial charge in [0.2, 0.25) is 0 Å². The minimum atomic E-state index is 0.621. The maximum absolute atomic E-state index is 5.51. The van der Waals surface area contributed by atoms with Crippen LogP contribution in [0.1, 0.15) is 0 Å². The third-order valence-corrected chi connectivity index (χ3v) is 2.34. The maximum atomic E-state index is 5.51. The molecule has 1 aliphatic rings. The number of nitrogens with zero attached hydrogens (tertiary/aromatic N) is 2. The van der Waals surface area contributed by atoms with Crippen molar-refractivity contribution in [3.63, 3.8) is 0 Å². The van der Waals surface area contributed by atoms with Crippen molar-refractivity contribution in [2.75, 3.05) is 46.5 Å². The average Bonchev–Trinajstić information content (AvgIpc) is 2.31. The van der Waals surface area contributed by atoms with Crippen molar-refractivity contribution in [2.24, 2.45) is 4.51 Å². The van der Waals surface area contributed by atoms with Gasteiger partial charge in [-0.2, -0.15) is 4.51 Å². The Morgan fingerprint density at radius 3 is 2.94 bits per heavy atom. The number of rotatable bonds is 6. The highest BCUT2D eigenvalue weighted by Crippen LogP contribution is 1.98. The Morgan fingerprint density at radius 2 is 2.31 bits per heavy atom. The molecular formula is C10H18ClN3O2. The van der Waals surface area contributed by atoms with Crippen molar-refractivity contribution in [1.82, 2.24) is 10.2 Å². The third kappa shape index (κ3) is 5.34. The van der Waals surface area contributed by atoms with Crippen LogP contribution < -0.4 is 5.32 Å². The van der Waals surface area contributed by atoms with Crippen molar-refractivity contribution in [3.8, 4) is 0 Å². The normalized spacial score (nSPS) is 19.0. The van der Waals surface area contributed by atoms with E-state index in [0.717, 1.165) is 32.8 Å². The van der Waals surface area contributed by atoms with E-state index < -0.39 is 0 Å². The van der Waals surface area contributed by atoms with Crippen LogP contribution in [0.15, 0.2) is 16.5 Å². The van der Waals surface area contributed by atoms with Gasteiger partial charge in [-0.05, 0) is 0 Å². The molecule has 0 aromatic heterocycles. The molecule has 1 saturated heterocycles. The molecule has 0 aliphatic carbocycles. The van der Waals surface area contributed by atoms with Crippen LogP contribution in [0, 0.1) is 0 Å². The lowest BCUT2D eigenvalue weighted by Gasteiger charge is -2.26. The zero-order valence-electron chi connectivity index (χ0n) is 9.49. The lowest BCUT2D eigenvalue weighted by atomic mass is 10.4. The van der Waals surface area contributed by atoms with Crippen LogP contribution in [0.3, 0.4) is 0 Å². The highest BCUT2D eigenvalue weighted by molar-refractivity contribution is 6.18. The first kappa shape index (κ1) is 13.3. The summed E-state index contributed by atoms with van der Waals surface area (Å²) in [6, 6.07) is 0. The SMILES string of the molecule is CN/C=C(\C=N/Cl)OCCN1CCOCC1. The molecule has 0 amide bonds. The molecule has 0 bridgehead atoms. The van der Waals surface area contributed by atoms with Gasteiger partial charge in [-0.15, -0.1) is 0 Å². The number of morpholine rings is 1. The zero-order valence-corrected chi connectivity index (χ0v) is 10.2. The van der Waals surface area contributed by atoms with Crippen LogP contribution in [0.25, 0.3) is 0 Å². The molecule has 0 radical (unpaired) electrons. The second-order valence-corrected chi connectivity index (χ2v) is 3.56. The summed E-state index contributed by atoms with van der Waals surface area (Å²) in [7, 11) is 1.80. The van der Waals surface area contributed by atoms with Gasteiger partial charge in [0.05, 0.1) is 19.4 Å². The fourth-order valence-electron chi connectivity index (χ4n) is 1.42. The topological polar surface area (TPSA) is 46.1 Å². The molecule has 0 aromatic rings. The largest absolute Gasteiger partial charge is 0.489 e. The van der Waals surface area contributed by atoms with Gasteiger partial charge < -0.3 is 14.8 Å². The van der Waals surface area contributed by atoms with Gasteiger partial charge in [0.25, 0.3) is 0 Å². The Balaban J connectivity index is 2.19. The van der Waals surface area contributed by atoms with Gasteiger partial charge >= 0.3 is 0 Å². The van der Waals surface area contributed by atoms with Crippen LogP contribution in [-0.4, -0.2) is 57.6 Å². The van der Waals surface area contributed by atoms with E-state index in [0.29, 0.717) is 12.4 Å². The molecular weight excluding hydrogens is 230 g/mol. The second-order valence-electron chi connectivity index (χ2n) is 3.36. The van der Waals surface area contributed by atoms with Crippen LogP contribution in [0.5, 0.6) is 0 Å². The van der Waals surface area contributed by atoms with Crippen molar-refractivity contribution in [1.29, 1.82) is 0 Å². The minimum absolute atomic E-state index is 0.621. The lowest BCUT2D eigenvalue weighted by Crippen LogP contribution is -2.38. The molecule has 1 N–H and O–H groups in total. The van der Waals surface area contributed by atoms with Gasteiger partial charge in [0, 0.05) is 44.7 Å². The number of halogens is 1. The predicted molar refractivity (Wildman–Crippen MR) is 64.7 cm³/mol. The number of hydrogen-bond donors (Lipinski definition) is 1. The summed E-state index contributed by atoms with van der Waals surface area (Å²) < 4.78 is 14.2. The number of hydrogen-bond acceptors (Lipinski definition) is 5. The lowest BCUT2D eigenvalue weighted by molar-refractivity contribution is 0.0285. The van der Waals surface area contributed by atoms with Crippen LogP contribution in [-0.2, 0) is 9.47 Å². The summed E-state index contributed by atoms with van der Waals surface area (Å²) in [4.78, 5) is 2.30. The molecule has 6 heteroatoms. The summed E-state index contributed by atoms with van der Waals surface area (Å²) in [5.74, 6) is 0.630. The molecule has 1 aliphatic heterocycles. The van der Waals surface area contributed by atoms with E-state index in [9.17, 15) is 0 Å². The summed E-state index contributed by atoms with van der Waals surface area (Å²) in [5, 5.41) is 2.87. The number of allylic oxidation sites excluding steroid dienone is 1. The fourth-order valence-corrected chi connectivity index (χ4v) is 1.52. The Bertz CT molecular complexity index is 240. The highest BCUT2D eigenvalue weighted by atomic mass is 35.5. The molecule has 16 heavy (non-hydrogen) atoms. The minimum Gasteiger partial charge on any atom is -0.489 e. The Kier molecular flexibility index (Phi) is 6.96. The highest BCUT2D eigenvalue weighted by Gasteiger charge is 2.09. The van der Waals surface area contributed by atoms with Crippen molar-refractivity contribution < 1.29 is 9.47 Å². The monoisotopic (exact) mass is 247 g/mol. The van der Waals surface area contributed by atoms with E-state index in [2.05, 4.69) is 14.7 Å². The fraction of sp³-hybridized carbons (Fsp3) is 0.700. The zero-order chi connectivity index (χ0) is 11.6. The molecule has 1 fully saturated rings. The average molecular weight is 248 g/mol. The van der Waals surface area contributed by atoms with E-state index in [-0.39, 0.29) is 0 Å². The molecule has 0 saturated carbocycles. The number of ether oxygens (including phenoxy) is 2. The van der Waals surface area contributed by atoms with Gasteiger partial charge in [-0.1, -0.05) is 0 Å². The van der Waals surface area contributed by atoms with Gasteiger partial charge in [0.15, 0.2) is 5.76 Å². The van der Waals surface area contributed by atoms with Crippen LogP contribution in [0.4, 0.5) is 0 Å². The van der Waals surface area contributed by atoms with E-state index in [1.165, 1.54) is 6.21 Å². The summed E-state index contributed by atoms with van der Waals surface area (Å²) in [5.41, 5.74) is 0. The Hall–Kier alpha value is -0.780. The van der Waals surface area contributed by atoms with Gasteiger partial charge in [-0.3, -0.25) is 4.90 Å². The summed E-state index contributed by atoms with van der Waals surface area (Å²) in [6.07, 6.45) is 3.18. The standard InChI is InChI=1S/C10H18ClN3O2/c1-12-8-10(9-13-11)16-7-4-14-2-5-15-6-3-14/h8-9,12H,2-7H2,1H3/b10-8+,13-9-. The molecule has 0 unspecified atom stereocenters. The van der Waals surface area contributed by atoms with Crippen molar-refractivity contribution in [3.05, 3.63) is 12.0 Å². The quantitative estimate of drug-likeness (QED) is 0.552. The first-order valence-electron chi connectivity index (χ1n) is 5.31. The summed E-state index contributed by atoms with van der Waals surface area (Å²) in [6.45, 7) is 5.07. The predicted octanol–water partition coefficient (Wildman–Crippen LogP) is 0.621. The van der Waals surface area contributed by atoms with Crippen molar-refractivity contribution >= 4 is 18.0 Å². The smallest absolute Gasteiger partial charge is 0.154 e. The molecule has 5 nitrogen and oxygen atoms in total. The van der Waals surface area contributed by atoms with Crippen LogP contribution in [0.2, 0.25) is 0 Å². The van der Waals surface area contributed by atoms with E-state index in [1.54, 1.807) is 13.2 Å². The Labute approximate surface area is 101 Å². The van der Waals surface area contributed by atoms with E-state index in [4.69, 9.17) is 21.3 Å². The number of nitrogens with one attached hydrogen (secondary N) is 1. The molecule has 0 atom stereocenters. The molecule has 92 valence electrons. The second kappa shape index (κ2) is 8.38. The van der Waals surface area contributed by atoms with E-state index >= 15 is 0 Å². The third-order valence-electron chi connectivity index (χ3n) is 2.24. The molecule has 1 heterocycles. The Morgan fingerprint density at radius 1 is 1.56 bits per heavy atom. The van der Waals surface area contributed by atoms with Crippen LogP contribution >= 0.6 is 11.8 Å². The van der Waals surface area contributed by atoms with Gasteiger partial charge in [0.1, 0.15) is 6.61 Å². The maximum Gasteiger partial charge on any atom is 0.154 e. The molecule has 0 aromatic carbocycles. The van der Waals surface area contributed by atoms with E-state index in [1.807, 2.05) is 0 Å². The molecule has 1 rings (SSSR count).